The van der Waals surface area contributed by atoms with Crippen molar-refractivity contribution in [1.82, 2.24) is 10.3 Å². The quantitative estimate of drug-likeness (QED) is 0.795. The van der Waals surface area contributed by atoms with E-state index in [2.05, 4.69) is 24.1 Å². The van der Waals surface area contributed by atoms with E-state index in [4.69, 9.17) is 5.11 Å². The first-order valence-corrected chi connectivity index (χ1v) is 6.79. The third kappa shape index (κ3) is 5.27. The maximum Gasteiger partial charge on any atom is 0.303 e. The number of aliphatic carboxylic acids is 1. The standard InChI is InChI=1S/C12H18N2O3S/c1-8(2)9-7-18-11(14-9)6-13-10(15)4-3-5-12(16)17/h7-8H,3-6H2,1-2H3,(H,13,15)(H,16,17). The van der Waals surface area contributed by atoms with Crippen molar-refractivity contribution in [2.24, 2.45) is 0 Å². The smallest absolute Gasteiger partial charge is 0.303 e. The summed E-state index contributed by atoms with van der Waals surface area (Å²) >= 11 is 1.53. The van der Waals surface area contributed by atoms with E-state index < -0.39 is 5.97 Å². The fourth-order valence-electron chi connectivity index (χ4n) is 1.33. The molecule has 1 heterocycles. The molecule has 0 aliphatic rings. The molecule has 0 fully saturated rings. The van der Waals surface area contributed by atoms with Gasteiger partial charge in [-0.2, -0.15) is 0 Å². The van der Waals surface area contributed by atoms with Gasteiger partial charge < -0.3 is 10.4 Å². The first-order chi connectivity index (χ1) is 8.49. The Bertz CT molecular complexity index is 415. The number of aromatic nitrogens is 1. The average Bonchev–Trinajstić information content (AvgIpc) is 2.74. The molecule has 0 aliphatic carbocycles. The van der Waals surface area contributed by atoms with Crippen molar-refractivity contribution < 1.29 is 14.7 Å². The maximum atomic E-state index is 11.4. The number of rotatable bonds is 7. The van der Waals surface area contributed by atoms with Crippen molar-refractivity contribution in [2.75, 3.05) is 0 Å². The monoisotopic (exact) mass is 270 g/mol. The Morgan fingerprint density at radius 3 is 2.72 bits per heavy atom. The number of nitrogens with zero attached hydrogens (tertiary/aromatic N) is 1. The maximum absolute atomic E-state index is 11.4. The SMILES string of the molecule is CC(C)c1csc(CNC(=O)CCCC(=O)O)n1. The molecule has 0 radical (unpaired) electrons. The first kappa shape index (κ1) is 14.6. The summed E-state index contributed by atoms with van der Waals surface area (Å²) in [5.74, 6) is -0.608. The Hall–Kier alpha value is -1.43. The van der Waals surface area contributed by atoms with E-state index in [1.165, 1.54) is 11.3 Å². The topological polar surface area (TPSA) is 79.3 Å². The van der Waals surface area contributed by atoms with Crippen LogP contribution in [0.1, 0.15) is 49.7 Å². The van der Waals surface area contributed by atoms with Crippen LogP contribution in [-0.2, 0) is 16.1 Å². The van der Waals surface area contributed by atoms with Crippen molar-refractivity contribution in [3.05, 3.63) is 16.1 Å². The summed E-state index contributed by atoms with van der Waals surface area (Å²) in [4.78, 5) is 26.1. The zero-order valence-electron chi connectivity index (χ0n) is 10.6. The summed E-state index contributed by atoms with van der Waals surface area (Å²) < 4.78 is 0. The Morgan fingerprint density at radius 1 is 1.44 bits per heavy atom. The molecule has 0 atom stereocenters. The number of amides is 1. The molecule has 0 unspecified atom stereocenters. The Balaban J connectivity index is 2.27. The molecular weight excluding hydrogens is 252 g/mol. The van der Waals surface area contributed by atoms with Crippen LogP contribution in [0.4, 0.5) is 0 Å². The molecule has 5 nitrogen and oxygen atoms in total. The van der Waals surface area contributed by atoms with Crippen LogP contribution < -0.4 is 5.32 Å². The summed E-state index contributed by atoms with van der Waals surface area (Å²) in [5, 5.41) is 14.1. The summed E-state index contributed by atoms with van der Waals surface area (Å²) in [6, 6.07) is 0. The second-order valence-corrected chi connectivity index (χ2v) is 5.29. The number of nitrogens with one attached hydrogen (secondary N) is 1. The highest BCUT2D eigenvalue weighted by atomic mass is 32.1. The van der Waals surface area contributed by atoms with Gasteiger partial charge in [-0.15, -0.1) is 11.3 Å². The minimum absolute atomic E-state index is 0.0299. The van der Waals surface area contributed by atoms with Gasteiger partial charge in [0.1, 0.15) is 5.01 Å². The fraction of sp³-hybridized carbons (Fsp3) is 0.583. The minimum atomic E-state index is -0.871. The van der Waals surface area contributed by atoms with Crippen LogP contribution in [0.3, 0.4) is 0 Å². The molecule has 6 heteroatoms. The van der Waals surface area contributed by atoms with Crippen molar-refractivity contribution in [2.45, 2.75) is 45.6 Å². The van der Waals surface area contributed by atoms with Gasteiger partial charge in [-0.3, -0.25) is 9.59 Å². The van der Waals surface area contributed by atoms with Gasteiger partial charge in [-0.25, -0.2) is 4.98 Å². The van der Waals surface area contributed by atoms with Crippen LogP contribution in [0, 0.1) is 0 Å². The zero-order valence-corrected chi connectivity index (χ0v) is 11.4. The van der Waals surface area contributed by atoms with E-state index in [9.17, 15) is 9.59 Å². The van der Waals surface area contributed by atoms with Crippen molar-refractivity contribution in [3.63, 3.8) is 0 Å². The van der Waals surface area contributed by atoms with E-state index in [0.717, 1.165) is 10.7 Å². The summed E-state index contributed by atoms with van der Waals surface area (Å²) in [5.41, 5.74) is 1.04. The number of carboxylic acid groups (broad SMARTS) is 1. The van der Waals surface area contributed by atoms with Gasteiger partial charge in [-0.05, 0) is 12.3 Å². The predicted octanol–water partition coefficient (Wildman–Crippen LogP) is 2.14. The molecule has 1 aromatic rings. The molecule has 0 saturated heterocycles. The lowest BCUT2D eigenvalue weighted by Gasteiger charge is -2.02. The molecule has 100 valence electrons. The minimum Gasteiger partial charge on any atom is -0.481 e. The molecule has 1 amide bonds. The van der Waals surface area contributed by atoms with Gasteiger partial charge in [0.25, 0.3) is 0 Å². The van der Waals surface area contributed by atoms with Crippen LogP contribution >= 0.6 is 11.3 Å². The number of thiazole rings is 1. The first-order valence-electron chi connectivity index (χ1n) is 5.92. The van der Waals surface area contributed by atoms with E-state index >= 15 is 0 Å². The normalized spacial score (nSPS) is 10.6. The van der Waals surface area contributed by atoms with E-state index in [1.807, 2.05) is 5.38 Å². The second kappa shape index (κ2) is 7.10. The molecule has 18 heavy (non-hydrogen) atoms. The van der Waals surface area contributed by atoms with Crippen LogP contribution in [0.2, 0.25) is 0 Å². The van der Waals surface area contributed by atoms with Gasteiger partial charge in [0.05, 0.1) is 12.2 Å². The molecule has 0 aromatic carbocycles. The predicted molar refractivity (Wildman–Crippen MR) is 69.5 cm³/mol. The Morgan fingerprint density at radius 2 is 2.17 bits per heavy atom. The van der Waals surface area contributed by atoms with Gasteiger partial charge >= 0.3 is 5.97 Å². The molecule has 0 saturated carbocycles. The zero-order chi connectivity index (χ0) is 13.5. The van der Waals surface area contributed by atoms with E-state index in [0.29, 0.717) is 18.9 Å². The number of carboxylic acids is 1. The van der Waals surface area contributed by atoms with Crippen molar-refractivity contribution in [1.29, 1.82) is 0 Å². The highest BCUT2D eigenvalue weighted by Crippen LogP contribution is 2.17. The lowest BCUT2D eigenvalue weighted by molar-refractivity contribution is -0.137. The fourth-order valence-corrected chi connectivity index (χ4v) is 2.23. The Kier molecular flexibility index (Phi) is 5.77. The number of carbonyl (C=O) groups is 2. The molecule has 2 N–H and O–H groups in total. The summed E-state index contributed by atoms with van der Waals surface area (Å²) in [6.07, 6.45) is 0.646. The third-order valence-electron chi connectivity index (χ3n) is 2.39. The molecule has 0 bridgehead atoms. The van der Waals surface area contributed by atoms with Gasteiger partial charge in [0, 0.05) is 18.2 Å². The van der Waals surface area contributed by atoms with Gasteiger partial charge in [0.15, 0.2) is 0 Å². The summed E-state index contributed by atoms with van der Waals surface area (Å²) in [7, 11) is 0. The van der Waals surface area contributed by atoms with E-state index in [-0.39, 0.29) is 18.7 Å². The average molecular weight is 270 g/mol. The van der Waals surface area contributed by atoms with Crippen LogP contribution in [0.15, 0.2) is 5.38 Å². The molecule has 0 aliphatic heterocycles. The summed E-state index contributed by atoms with van der Waals surface area (Å²) in [6.45, 7) is 4.57. The number of hydrogen-bond acceptors (Lipinski definition) is 4. The van der Waals surface area contributed by atoms with E-state index in [1.54, 1.807) is 0 Å². The molecule has 0 spiro atoms. The second-order valence-electron chi connectivity index (χ2n) is 4.34. The molecular formula is C12H18N2O3S. The highest BCUT2D eigenvalue weighted by molar-refractivity contribution is 7.09. The van der Waals surface area contributed by atoms with Gasteiger partial charge in [0.2, 0.25) is 5.91 Å². The number of hydrogen-bond donors (Lipinski definition) is 2. The van der Waals surface area contributed by atoms with Crippen LogP contribution in [-0.4, -0.2) is 22.0 Å². The number of carbonyl (C=O) groups excluding carboxylic acids is 1. The molecule has 1 aromatic heterocycles. The van der Waals surface area contributed by atoms with Crippen LogP contribution in [0.25, 0.3) is 0 Å². The third-order valence-corrected chi connectivity index (χ3v) is 3.26. The van der Waals surface area contributed by atoms with Crippen LogP contribution in [0.5, 0.6) is 0 Å². The largest absolute Gasteiger partial charge is 0.481 e. The highest BCUT2D eigenvalue weighted by Gasteiger charge is 2.07. The van der Waals surface area contributed by atoms with Crippen molar-refractivity contribution >= 4 is 23.2 Å². The van der Waals surface area contributed by atoms with Gasteiger partial charge in [-0.1, -0.05) is 13.8 Å². The lowest BCUT2D eigenvalue weighted by atomic mass is 10.2. The lowest BCUT2D eigenvalue weighted by Crippen LogP contribution is -2.22. The van der Waals surface area contributed by atoms with Crippen molar-refractivity contribution in [3.8, 4) is 0 Å². The molecule has 1 rings (SSSR count). The Labute approximate surface area is 110 Å².